The summed E-state index contributed by atoms with van der Waals surface area (Å²) in [5.41, 5.74) is 0. The van der Waals surface area contributed by atoms with Gasteiger partial charge >= 0.3 is 5.97 Å². The van der Waals surface area contributed by atoms with Gasteiger partial charge in [0.2, 0.25) is 10.0 Å². The third-order valence-electron chi connectivity index (χ3n) is 2.49. The molecule has 0 aliphatic heterocycles. The van der Waals surface area contributed by atoms with Crippen LogP contribution in [0.1, 0.15) is 27.2 Å². The molecule has 0 aromatic rings. The second kappa shape index (κ2) is 5.46. The Kier molecular flexibility index (Phi) is 5.23. The normalized spacial score (nSPS) is 16.3. The second-order valence-corrected chi connectivity index (χ2v) is 6.18. The zero-order chi connectivity index (χ0) is 12.2. The van der Waals surface area contributed by atoms with Crippen LogP contribution in [0.25, 0.3) is 0 Å². The molecule has 2 atom stereocenters. The third-order valence-corrected chi connectivity index (χ3v) is 4.61. The van der Waals surface area contributed by atoms with Gasteiger partial charge in [-0.3, -0.25) is 4.79 Å². The van der Waals surface area contributed by atoms with Gasteiger partial charge in [0.25, 0.3) is 0 Å². The Balaban J connectivity index is 4.67. The molecule has 5 nitrogen and oxygen atoms in total. The number of hydrogen-bond donors (Lipinski definition) is 1. The molecule has 0 spiro atoms. The molecule has 90 valence electrons. The lowest BCUT2D eigenvalue weighted by atomic mass is 10.1. The number of sulfonamides is 1. The van der Waals surface area contributed by atoms with Crippen molar-refractivity contribution in [1.82, 2.24) is 4.31 Å². The first-order valence-electron chi connectivity index (χ1n) is 4.91. The van der Waals surface area contributed by atoms with E-state index >= 15 is 0 Å². The monoisotopic (exact) mass is 237 g/mol. The number of carboxylic acids is 1. The van der Waals surface area contributed by atoms with E-state index in [-0.39, 0.29) is 5.92 Å². The number of aliphatic carboxylic acids is 1. The zero-order valence-corrected chi connectivity index (χ0v) is 10.4. The van der Waals surface area contributed by atoms with Crippen LogP contribution in [0.5, 0.6) is 0 Å². The van der Waals surface area contributed by atoms with Crippen LogP contribution in [0.15, 0.2) is 0 Å². The molecule has 0 aliphatic rings. The maximum absolute atomic E-state index is 11.7. The van der Waals surface area contributed by atoms with Crippen molar-refractivity contribution in [3.8, 4) is 0 Å². The van der Waals surface area contributed by atoms with Crippen LogP contribution in [0.3, 0.4) is 0 Å². The first-order valence-corrected chi connectivity index (χ1v) is 6.41. The summed E-state index contributed by atoms with van der Waals surface area (Å²) in [5, 5.41) is 7.27. The first kappa shape index (κ1) is 14.4. The Morgan fingerprint density at radius 3 is 2.20 bits per heavy atom. The van der Waals surface area contributed by atoms with E-state index < -0.39 is 21.2 Å². The standard InChI is InChI=1S/C9H19NO4S/c1-5-7(2)6-10(4)15(13,14)8(3)9(11)12/h7-8H,5-6H2,1-4H3,(H,11,12). The highest BCUT2D eigenvalue weighted by Gasteiger charge is 2.31. The maximum Gasteiger partial charge on any atom is 0.323 e. The number of carboxylic acid groups (broad SMARTS) is 1. The fourth-order valence-corrected chi connectivity index (χ4v) is 2.33. The van der Waals surface area contributed by atoms with E-state index in [1.54, 1.807) is 0 Å². The van der Waals surface area contributed by atoms with Gasteiger partial charge in [0, 0.05) is 13.6 Å². The van der Waals surface area contributed by atoms with Crippen LogP contribution < -0.4 is 0 Å². The topological polar surface area (TPSA) is 74.7 Å². The van der Waals surface area contributed by atoms with Crippen molar-refractivity contribution in [2.75, 3.05) is 13.6 Å². The average molecular weight is 237 g/mol. The van der Waals surface area contributed by atoms with Gasteiger partial charge in [0.15, 0.2) is 5.25 Å². The van der Waals surface area contributed by atoms with Crippen LogP contribution in [0.4, 0.5) is 0 Å². The van der Waals surface area contributed by atoms with Crippen LogP contribution in [-0.2, 0) is 14.8 Å². The molecule has 0 saturated heterocycles. The van der Waals surface area contributed by atoms with Gasteiger partial charge in [-0.05, 0) is 12.8 Å². The van der Waals surface area contributed by atoms with Gasteiger partial charge in [0.05, 0.1) is 0 Å². The lowest BCUT2D eigenvalue weighted by Crippen LogP contribution is -2.40. The lowest BCUT2D eigenvalue weighted by molar-refractivity contribution is -0.136. The number of nitrogens with zero attached hydrogens (tertiary/aromatic N) is 1. The first-order chi connectivity index (χ1) is 6.73. The Bertz CT molecular complexity index is 312. The summed E-state index contributed by atoms with van der Waals surface area (Å²) >= 11 is 0. The molecule has 0 fully saturated rings. The number of rotatable bonds is 6. The molecular formula is C9H19NO4S. The van der Waals surface area contributed by atoms with Gasteiger partial charge < -0.3 is 5.11 Å². The smallest absolute Gasteiger partial charge is 0.323 e. The summed E-state index contributed by atoms with van der Waals surface area (Å²) in [5.74, 6) is -1.09. The Morgan fingerprint density at radius 2 is 1.87 bits per heavy atom. The van der Waals surface area contributed by atoms with Crippen LogP contribution in [0.2, 0.25) is 0 Å². The molecule has 2 unspecified atom stereocenters. The van der Waals surface area contributed by atoms with E-state index in [0.29, 0.717) is 6.54 Å². The molecule has 0 rings (SSSR count). The van der Waals surface area contributed by atoms with Gasteiger partial charge in [0.1, 0.15) is 0 Å². The predicted octanol–water partition coefficient (Wildman–Crippen LogP) is 0.767. The second-order valence-electron chi connectivity index (χ2n) is 3.82. The van der Waals surface area contributed by atoms with E-state index in [4.69, 9.17) is 5.11 Å². The Labute approximate surface area is 91.1 Å². The van der Waals surface area contributed by atoms with E-state index in [0.717, 1.165) is 10.7 Å². The van der Waals surface area contributed by atoms with Gasteiger partial charge in [-0.2, -0.15) is 0 Å². The highest BCUT2D eigenvalue weighted by molar-refractivity contribution is 7.90. The number of hydrogen-bond acceptors (Lipinski definition) is 3. The van der Waals surface area contributed by atoms with Crippen molar-refractivity contribution < 1.29 is 18.3 Å². The summed E-state index contributed by atoms with van der Waals surface area (Å²) in [6, 6.07) is 0. The average Bonchev–Trinajstić information content (AvgIpc) is 2.15. The minimum absolute atomic E-state index is 0.228. The molecule has 6 heteroatoms. The molecule has 0 saturated carbocycles. The van der Waals surface area contributed by atoms with Crippen molar-refractivity contribution in [1.29, 1.82) is 0 Å². The van der Waals surface area contributed by atoms with Gasteiger partial charge in [-0.25, -0.2) is 12.7 Å². The van der Waals surface area contributed by atoms with Crippen molar-refractivity contribution in [3.05, 3.63) is 0 Å². The third kappa shape index (κ3) is 3.79. The highest BCUT2D eigenvalue weighted by atomic mass is 32.2. The molecule has 0 aromatic heterocycles. The molecule has 15 heavy (non-hydrogen) atoms. The van der Waals surface area contributed by atoms with Crippen molar-refractivity contribution >= 4 is 16.0 Å². The maximum atomic E-state index is 11.7. The van der Waals surface area contributed by atoms with Crippen LogP contribution >= 0.6 is 0 Å². The molecule has 0 aromatic carbocycles. The highest BCUT2D eigenvalue weighted by Crippen LogP contribution is 2.11. The summed E-state index contributed by atoms with van der Waals surface area (Å²) in [6.45, 7) is 5.43. The Hall–Kier alpha value is -0.620. The summed E-state index contributed by atoms with van der Waals surface area (Å²) in [4.78, 5) is 10.6. The molecule has 0 radical (unpaired) electrons. The summed E-state index contributed by atoms with van der Waals surface area (Å²) in [6.07, 6.45) is 0.862. The SMILES string of the molecule is CCC(C)CN(C)S(=O)(=O)C(C)C(=O)O. The fraction of sp³-hybridized carbons (Fsp3) is 0.889. The summed E-state index contributed by atoms with van der Waals surface area (Å²) < 4.78 is 24.5. The minimum Gasteiger partial charge on any atom is -0.480 e. The number of carbonyl (C=O) groups is 1. The van der Waals surface area contributed by atoms with Crippen molar-refractivity contribution in [2.24, 2.45) is 5.92 Å². The Morgan fingerprint density at radius 1 is 1.40 bits per heavy atom. The molecule has 1 N–H and O–H groups in total. The zero-order valence-electron chi connectivity index (χ0n) is 9.60. The molecule has 0 heterocycles. The minimum atomic E-state index is -3.71. The van der Waals surface area contributed by atoms with E-state index in [2.05, 4.69) is 0 Å². The molecule has 0 aliphatic carbocycles. The lowest BCUT2D eigenvalue weighted by Gasteiger charge is -2.22. The van der Waals surface area contributed by atoms with Crippen molar-refractivity contribution in [3.63, 3.8) is 0 Å². The largest absolute Gasteiger partial charge is 0.480 e. The quantitative estimate of drug-likeness (QED) is 0.740. The fourth-order valence-electron chi connectivity index (χ4n) is 1.07. The van der Waals surface area contributed by atoms with E-state index in [1.807, 2.05) is 13.8 Å². The van der Waals surface area contributed by atoms with Gasteiger partial charge in [-0.1, -0.05) is 20.3 Å². The van der Waals surface area contributed by atoms with Crippen molar-refractivity contribution in [2.45, 2.75) is 32.4 Å². The molecular weight excluding hydrogens is 218 g/mol. The van der Waals surface area contributed by atoms with Crippen LogP contribution in [0, 0.1) is 5.92 Å². The molecule has 0 bridgehead atoms. The van der Waals surface area contributed by atoms with E-state index in [1.165, 1.54) is 14.0 Å². The molecule has 0 amide bonds. The van der Waals surface area contributed by atoms with Crippen LogP contribution in [-0.4, -0.2) is 42.6 Å². The van der Waals surface area contributed by atoms with E-state index in [9.17, 15) is 13.2 Å². The predicted molar refractivity (Wildman–Crippen MR) is 58.1 cm³/mol. The summed E-state index contributed by atoms with van der Waals surface area (Å²) in [7, 11) is -2.29. The van der Waals surface area contributed by atoms with Gasteiger partial charge in [-0.15, -0.1) is 0 Å².